The van der Waals surface area contributed by atoms with Gasteiger partial charge < -0.3 is 5.11 Å². The van der Waals surface area contributed by atoms with Gasteiger partial charge in [0.2, 0.25) is 0 Å². The molecule has 0 saturated heterocycles. The van der Waals surface area contributed by atoms with Crippen molar-refractivity contribution in [1.29, 1.82) is 0 Å². The number of thiazole rings is 1. The Morgan fingerprint density at radius 2 is 1.84 bits per heavy atom. The number of aromatic hydroxyl groups is 1. The molecule has 19 heavy (non-hydrogen) atoms. The van der Waals surface area contributed by atoms with Crippen molar-refractivity contribution >= 4 is 33.1 Å². The van der Waals surface area contributed by atoms with Crippen molar-refractivity contribution in [1.82, 2.24) is 9.55 Å². The number of para-hydroxylation sites is 1. The smallest absolute Gasteiger partial charge is 0.194 e. The van der Waals surface area contributed by atoms with Crippen LogP contribution >= 0.6 is 11.3 Å². The van der Waals surface area contributed by atoms with Crippen LogP contribution in [0.4, 0.5) is 0 Å². The molecule has 2 aromatic heterocycles. The Hall–Kier alpha value is -2.33. The summed E-state index contributed by atoms with van der Waals surface area (Å²) in [6.07, 6.45) is 1.80. The number of phenols is 1. The van der Waals surface area contributed by atoms with Gasteiger partial charge in [0, 0.05) is 28.4 Å². The van der Waals surface area contributed by atoms with E-state index in [9.17, 15) is 5.11 Å². The third-order valence-electron chi connectivity index (χ3n) is 3.27. The second-order valence-corrected chi connectivity index (χ2v) is 5.24. The van der Waals surface area contributed by atoms with Crippen LogP contribution in [0.5, 0.6) is 5.75 Å². The number of nitrogens with zero attached hydrogens (tertiary/aromatic N) is 2. The minimum Gasteiger partial charge on any atom is -0.508 e. The van der Waals surface area contributed by atoms with Crippen molar-refractivity contribution in [3.8, 4) is 10.9 Å². The average Bonchev–Trinajstić information content (AvgIpc) is 3.03. The van der Waals surface area contributed by atoms with Crippen molar-refractivity contribution in [2.45, 2.75) is 0 Å². The molecule has 0 radical (unpaired) electrons. The van der Waals surface area contributed by atoms with E-state index >= 15 is 0 Å². The Balaban J connectivity index is 2.27. The minimum absolute atomic E-state index is 0.271. The summed E-state index contributed by atoms with van der Waals surface area (Å²) in [4.78, 5) is 4.39. The molecule has 0 atom stereocenters. The van der Waals surface area contributed by atoms with Crippen LogP contribution in [0.25, 0.3) is 26.9 Å². The van der Waals surface area contributed by atoms with Crippen LogP contribution in [-0.2, 0) is 0 Å². The highest BCUT2D eigenvalue weighted by atomic mass is 32.1. The molecule has 2 aromatic carbocycles. The number of rotatable bonds is 1. The Morgan fingerprint density at radius 1 is 1.00 bits per heavy atom. The van der Waals surface area contributed by atoms with Crippen LogP contribution in [0, 0.1) is 0 Å². The zero-order valence-corrected chi connectivity index (χ0v) is 10.8. The van der Waals surface area contributed by atoms with Crippen LogP contribution in [-0.4, -0.2) is 14.7 Å². The van der Waals surface area contributed by atoms with Gasteiger partial charge in [0.15, 0.2) is 5.13 Å². The van der Waals surface area contributed by atoms with Crippen molar-refractivity contribution in [3.63, 3.8) is 0 Å². The van der Waals surface area contributed by atoms with Crippen LogP contribution in [0.2, 0.25) is 0 Å². The normalized spacial score (nSPS) is 11.4. The van der Waals surface area contributed by atoms with Gasteiger partial charge >= 0.3 is 0 Å². The summed E-state index contributed by atoms with van der Waals surface area (Å²) < 4.78 is 2.09. The molecule has 2 heterocycles. The molecule has 0 aliphatic rings. The number of aromatic nitrogens is 2. The molecule has 0 amide bonds. The molecule has 1 N–H and O–H groups in total. The van der Waals surface area contributed by atoms with Gasteiger partial charge in [-0.3, -0.25) is 4.57 Å². The molecule has 4 heteroatoms. The van der Waals surface area contributed by atoms with Gasteiger partial charge in [-0.2, -0.15) is 0 Å². The van der Waals surface area contributed by atoms with E-state index in [0.29, 0.717) is 0 Å². The van der Waals surface area contributed by atoms with Crippen LogP contribution in [0.15, 0.2) is 54.0 Å². The molecule has 0 unspecified atom stereocenters. The molecular formula is C15H10N2OS. The Kier molecular flexibility index (Phi) is 2.13. The summed E-state index contributed by atoms with van der Waals surface area (Å²) in [5.74, 6) is 0.271. The fourth-order valence-corrected chi connectivity index (χ4v) is 3.16. The Labute approximate surface area is 113 Å². The summed E-state index contributed by atoms with van der Waals surface area (Å²) in [5.41, 5.74) is 2.09. The number of hydrogen-bond donors (Lipinski definition) is 1. The first-order chi connectivity index (χ1) is 9.34. The molecule has 0 aliphatic carbocycles. The molecule has 4 aromatic rings. The lowest BCUT2D eigenvalue weighted by Gasteiger charge is -2.02. The maximum atomic E-state index is 9.75. The summed E-state index contributed by atoms with van der Waals surface area (Å²) in [7, 11) is 0. The second kappa shape index (κ2) is 3.83. The molecule has 0 spiro atoms. The van der Waals surface area contributed by atoms with E-state index < -0.39 is 0 Å². The van der Waals surface area contributed by atoms with Crippen molar-refractivity contribution in [2.75, 3.05) is 0 Å². The van der Waals surface area contributed by atoms with E-state index in [2.05, 4.69) is 21.7 Å². The highest BCUT2D eigenvalue weighted by Gasteiger charge is 2.13. The molecule has 4 rings (SSSR count). The molecule has 0 bridgehead atoms. The summed E-state index contributed by atoms with van der Waals surface area (Å²) in [5, 5.41) is 14.9. The van der Waals surface area contributed by atoms with Gasteiger partial charge in [-0.05, 0) is 18.2 Å². The maximum absolute atomic E-state index is 9.75. The van der Waals surface area contributed by atoms with E-state index in [1.807, 2.05) is 23.6 Å². The molecule has 92 valence electrons. The molecule has 0 aliphatic heterocycles. The third kappa shape index (κ3) is 1.47. The lowest BCUT2D eigenvalue weighted by Crippen LogP contribution is -1.91. The summed E-state index contributed by atoms with van der Waals surface area (Å²) >= 11 is 1.59. The zero-order valence-electron chi connectivity index (χ0n) is 9.95. The second-order valence-electron chi connectivity index (χ2n) is 4.37. The van der Waals surface area contributed by atoms with Gasteiger partial charge in [0.25, 0.3) is 0 Å². The molecule has 0 fully saturated rings. The van der Waals surface area contributed by atoms with E-state index in [-0.39, 0.29) is 5.75 Å². The Bertz CT molecular complexity index is 878. The number of benzene rings is 2. The van der Waals surface area contributed by atoms with Crippen LogP contribution in [0.1, 0.15) is 0 Å². The predicted molar refractivity (Wildman–Crippen MR) is 78.1 cm³/mol. The van der Waals surface area contributed by atoms with Crippen LogP contribution < -0.4 is 0 Å². The number of hydrogen-bond acceptors (Lipinski definition) is 3. The fraction of sp³-hybridized carbons (Fsp3) is 0. The topological polar surface area (TPSA) is 38.0 Å². The minimum atomic E-state index is 0.271. The van der Waals surface area contributed by atoms with Gasteiger partial charge in [0.1, 0.15) is 5.75 Å². The van der Waals surface area contributed by atoms with E-state index in [1.165, 1.54) is 5.39 Å². The maximum Gasteiger partial charge on any atom is 0.194 e. The monoisotopic (exact) mass is 266 g/mol. The first kappa shape index (κ1) is 10.6. The predicted octanol–water partition coefficient (Wildman–Crippen LogP) is 3.95. The van der Waals surface area contributed by atoms with Crippen molar-refractivity contribution in [3.05, 3.63) is 54.0 Å². The van der Waals surface area contributed by atoms with Crippen LogP contribution in [0.3, 0.4) is 0 Å². The van der Waals surface area contributed by atoms with E-state index in [1.54, 1.807) is 29.7 Å². The average molecular weight is 266 g/mol. The zero-order chi connectivity index (χ0) is 12.8. The van der Waals surface area contributed by atoms with Crippen molar-refractivity contribution < 1.29 is 5.11 Å². The highest BCUT2D eigenvalue weighted by Crippen LogP contribution is 2.33. The lowest BCUT2D eigenvalue weighted by molar-refractivity contribution is 0.476. The third-order valence-corrected chi connectivity index (χ3v) is 4.02. The van der Waals surface area contributed by atoms with Gasteiger partial charge in [-0.25, -0.2) is 4.98 Å². The SMILES string of the molecule is Oc1ccc2c3ccccc3n(-c3nccs3)c2c1. The molecule has 3 nitrogen and oxygen atoms in total. The Morgan fingerprint density at radius 3 is 2.68 bits per heavy atom. The first-order valence-electron chi connectivity index (χ1n) is 5.96. The van der Waals surface area contributed by atoms with Gasteiger partial charge in [0.05, 0.1) is 11.0 Å². The largest absolute Gasteiger partial charge is 0.508 e. The van der Waals surface area contributed by atoms with E-state index in [4.69, 9.17) is 0 Å². The number of fused-ring (bicyclic) bond motifs is 3. The standard InChI is InChI=1S/C15H10N2OS/c18-10-5-6-12-11-3-1-2-4-13(11)17(14(12)9-10)15-16-7-8-19-15/h1-9,18H. The summed E-state index contributed by atoms with van der Waals surface area (Å²) in [6.45, 7) is 0. The van der Waals surface area contributed by atoms with Gasteiger partial charge in [-0.1, -0.05) is 18.2 Å². The summed E-state index contributed by atoms with van der Waals surface area (Å²) in [6, 6.07) is 13.7. The molecular weight excluding hydrogens is 256 g/mol. The van der Waals surface area contributed by atoms with Gasteiger partial charge in [-0.15, -0.1) is 11.3 Å². The fourth-order valence-electron chi connectivity index (χ4n) is 2.49. The lowest BCUT2D eigenvalue weighted by atomic mass is 10.1. The quantitative estimate of drug-likeness (QED) is 0.566. The molecule has 0 saturated carbocycles. The number of phenolic OH excluding ortho intramolecular Hbond substituents is 1. The highest BCUT2D eigenvalue weighted by molar-refractivity contribution is 7.12. The van der Waals surface area contributed by atoms with Crippen molar-refractivity contribution in [2.24, 2.45) is 0 Å². The first-order valence-corrected chi connectivity index (χ1v) is 6.84. The van der Waals surface area contributed by atoms with E-state index in [0.717, 1.165) is 21.6 Å².